The second-order valence-electron chi connectivity index (χ2n) is 9.49. The van der Waals surface area contributed by atoms with Gasteiger partial charge in [0.05, 0.1) is 17.1 Å². The highest BCUT2D eigenvalue weighted by atomic mass is 32.2. The van der Waals surface area contributed by atoms with Crippen molar-refractivity contribution in [3.63, 3.8) is 0 Å². The Balaban J connectivity index is 1.38. The summed E-state index contributed by atoms with van der Waals surface area (Å²) in [6.45, 7) is 0.585. The lowest BCUT2D eigenvalue weighted by atomic mass is 9.84. The van der Waals surface area contributed by atoms with Crippen molar-refractivity contribution in [3.05, 3.63) is 22.9 Å². The predicted octanol–water partition coefficient (Wildman–Crippen LogP) is 2.82. The second-order valence-corrected chi connectivity index (χ2v) is 11.8. The van der Waals surface area contributed by atoms with E-state index in [1.807, 2.05) is 0 Å². The maximum Gasteiger partial charge on any atom is 0.255 e. The van der Waals surface area contributed by atoms with E-state index < -0.39 is 9.84 Å². The van der Waals surface area contributed by atoms with E-state index in [0.29, 0.717) is 24.7 Å². The third-order valence-electron chi connectivity index (χ3n) is 7.49. The van der Waals surface area contributed by atoms with Gasteiger partial charge >= 0.3 is 0 Å². The first kappa shape index (κ1) is 19.3. The van der Waals surface area contributed by atoms with Gasteiger partial charge in [-0.1, -0.05) is 12.8 Å². The fraction of sp³-hybridized carbons (Fsp3) is 0.727. The third kappa shape index (κ3) is 3.90. The molecule has 3 atom stereocenters. The summed E-state index contributed by atoms with van der Waals surface area (Å²) in [5, 5.41) is 3.75. The van der Waals surface area contributed by atoms with Gasteiger partial charge in [0.2, 0.25) is 0 Å². The van der Waals surface area contributed by atoms with Crippen LogP contribution in [0.4, 0.5) is 5.82 Å². The summed E-state index contributed by atoms with van der Waals surface area (Å²) in [6, 6.07) is 0.508. The van der Waals surface area contributed by atoms with Gasteiger partial charge in [-0.15, -0.1) is 0 Å². The van der Waals surface area contributed by atoms with Gasteiger partial charge in [0.1, 0.15) is 5.82 Å². The zero-order valence-electron chi connectivity index (χ0n) is 17.0. The Morgan fingerprint density at radius 3 is 2.34 bits per heavy atom. The molecule has 2 saturated carbocycles. The average Bonchev–Trinajstić information content (AvgIpc) is 3.06. The lowest BCUT2D eigenvalue weighted by Gasteiger charge is -2.32. The van der Waals surface area contributed by atoms with Crippen LogP contribution in [0.1, 0.15) is 66.4 Å². The minimum atomic E-state index is -3.00. The highest BCUT2D eigenvalue weighted by Crippen LogP contribution is 2.43. The van der Waals surface area contributed by atoms with E-state index in [2.05, 4.69) is 5.32 Å². The zero-order valence-corrected chi connectivity index (χ0v) is 17.8. The van der Waals surface area contributed by atoms with Crippen LogP contribution in [0.15, 0.2) is 6.20 Å². The molecule has 1 aliphatic heterocycles. The molecule has 3 aliphatic carbocycles. The van der Waals surface area contributed by atoms with Gasteiger partial charge in [0, 0.05) is 25.3 Å². The lowest BCUT2D eigenvalue weighted by molar-refractivity contribution is 0.0768. The number of nitrogens with zero attached hydrogens (tertiary/aromatic N) is 2. The van der Waals surface area contributed by atoms with Gasteiger partial charge in [-0.05, 0) is 67.9 Å². The predicted molar refractivity (Wildman–Crippen MR) is 113 cm³/mol. The van der Waals surface area contributed by atoms with Crippen LogP contribution in [0.3, 0.4) is 0 Å². The Morgan fingerprint density at radius 1 is 1.00 bits per heavy atom. The van der Waals surface area contributed by atoms with Crippen LogP contribution in [0.5, 0.6) is 0 Å². The van der Waals surface area contributed by atoms with Gasteiger partial charge in [0.15, 0.2) is 9.84 Å². The first-order chi connectivity index (χ1) is 14.0. The highest BCUT2D eigenvalue weighted by molar-refractivity contribution is 7.91. The number of hydrogen-bond donors (Lipinski definition) is 1. The number of fused-ring (bicyclic) bond motifs is 3. The van der Waals surface area contributed by atoms with Crippen LogP contribution >= 0.6 is 0 Å². The van der Waals surface area contributed by atoms with Gasteiger partial charge in [-0.25, -0.2) is 13.4 Å². The molecule has 1 amide bonds. The molecule has 0 aromatic carbocycles. The number of amides is 1. The minimum Gasteiger partial charge on any atom is -0.367 e. The Hall–Kier alpha value is -1.63. The molecule has 158 valence electrons. The topological polar surface area (TPSA) is 79.4 Å². The fourth-order valence-electron chi connectivity index (χ4n) is 5.96. The van der Waals surface area contributed by atoms with Crippen molar-refractivity contribution < 1.29 is 13.2 Å². The van der Waals surface area contributed by atoms with Gasteiger partial charge in [-0.3, -0.25) is 4.79 Å². The van der Waals surface area contributed by atoms with Crippen molar-refractivity contribution in [2.75, 3.05) is 29.9 Å². The molecule has 1 aromatic rings. The van der Waals surface area contributed by atoms with Crippen LogP contribution in [-0.2, 0) is 22.7 Å². The second kappa shape index (κ2) is 7.56. The number of carbonyl (C=O) groups excluding carboxylic acids is 1. The zero-order chi connectivity index (χ0) is 20.0. The van der Waals surface area contributed by atoms with Crippen LogP contribution in [0, 0.1) is 11.8 Å². The number of aromatic nitrogens is 1. The lowest BCUT2D eigenvalue weighted by Crippen LogP contribution is -2.44. The van der Waals surface area contributed by atoms with Crippen molar-refractivity contribution in [2.45, 2.75) is 63.8 Å². The maximum absolute atomic E-state index is 13.1. The minimum absolute atomic E-state index is 0.0483. The standard InChI is InChI=1S/C22H31N3O3S/c26-22(25-7-9-29(27,28)10-8-25)20-14-23-21(19-4-2-1-3-18(19)20)24-17-12-15-5-6-16(11-15)13-17/h14-17H,1-13H2,(H,23,24)/t15-,16?,17-/m1/s1. The number of hydrogen-bond acceptors (Lipinski definition) is 5. The summed E-state index contributed by atoms with van der Waals surface area (Å²) in [5.41, 5.74) is 3.06. The van der Waals surface area contributed by atoms with Crippen LogP contribution in [0.2, 0.25) is 0 Å². The summed E-state index contributed by atoms with van der Waals surface area (Å²) in [5.74, 6) is 2.82. The average molecular weight is 418 g/mol. The summed E-state index contributed by atoms with van der Waals surface area (Å²) >= 11 is 0. The van der Waals surface area contributed by atoms with Crippen LogP contribution in [-0.4, -0.2) is 54.8 Å². The number of anilines is 1. The SMILES string of the molecule is O=C(c1cnc(N[C@H]2CC3CC[C@H](C3)C2)c2c1CCCC2)N1CCS(=O)(=O)CC1. The van der Waals surface area contributed by atoms with Crippen molar-refractivity contribution in [2.24, 2.45) is 11.8 Å². The maximum atomic E-state index is 13.1. The Bertz CT molecular complexity index is 888. The summed E-state index contributed by atoms with van der Waals surface area (Å²) in [6.07, 6.45) is 12.5. The molecule has 6 nitrogen and oxygen atoms in total. The molecule has 1 aromatic heterocycles. The Labute approximate surface area is 173 Å². The van der Waals surface area contributed by atoms with Gasteiger partial charge in [0.25, 0.3) is 5.91 Å². The number of rotatable bonds is 3. The molecule has 1 N–H and O–H groups in total. The Morgan fingerprint density at radius 2 is 1.66 bits per heavy atom. The molecule has 7 heteroatoms. The molecule has 5 rings (SSSR count). The van der Waals surface area contributed by atoms with Crippen LogP contribution < -0.4 is 5.32 Å². The molecular weight excluding hydrogens is 386 g/mol. The molecule has 0 radical (unpaired) electrons. The quantitative estimate of drug-likeness (QED) is 0.818. The molecule has 2 bridgehead atoms. The first-order valence-electron chi connectivity index (χ1n) is 11.3. The summed E-state index contributed by atoms with van der Waals surface area (Å²) in [7, 11) is -3.00. The molecule has 4 aliphatic rings. The molecule has 2 heterocycles. The van der Waals surface area contributed by atoms with Crippen molar-refractivity contribution in [1.29, 1.82) is 0 Å². The molecule has 29 heavy (non-hydrogen) atoms. The van der Waals surface area contributed by atoms with Crippen molar-refractivity contribution in [1.82, 2.24) is 9.88 Å². The van der Waals surface area contributed by atoms with Crippen molar-refractivity contribution in [3.8, 4) is 0 Å². The Kier molecular flexibility index (Phi) is 5.04. The summed E-state index contributed by atoms with van der Waals surface area (Å²) in [4.78, 5) is 19.6. The van der Waals surface area contributed by atoms with E-state index in [1.165, 1.54) is 37.7 Å². The van der Waals surface area contributed by atoms with Gasteiger partial charge < -0.3 is 10.2 Å². The first-order valence-corrected chi connectivity index (χ1v) is 13.1. The normalized spacial score (nSPS) is 30.6. The largest absolute Gasteiger partial charge is 0.367 e. The molecule has 1 saturated heterocycles. The number of carbonyl (C=O) groups is 1. The van der Waals surface area contributed by atoms with E-state index in [-0.39, 0.29) is 17.4 Å². The smallest absolute Gasteiger partial charge is 0.255 e. The fourth-order valence-corrected chi connectivity index (χ4v) is 7.16. The molecule has 1 unspecified atom stereocenters. The van der Waals surface area contributed by atoms with E-state index in [0.717, 1.165) is 48.9 Å². The monoisotopic (exact) mass is 417 g/mol. The van der Waals surface area contributed by atoms with E-state index in [1.54, 1.807) is 11.1 Å². The molecule has 3 fully saturated rings. The number of sulfone groups is 1. The number of pyridine rings is 1. The molecule has 0 spiro atoms. The van der Waals surface area contributed by atoms with E-state index >= 15 is 0 Å². The van der Waals surface area contributed by atoms with Gasteiger partial charge in [-0.2, -0.15) is 0 Å². The third-order valence-corrected chi connectivity index (χ3v) is 9.10. The van der Waals surface area contributed by atoms with Crippen molar-refractivity contribution >= 4 is 21.6 Å². The highest BCUT2D eigenvalue weighted by Gasteiger charge is 2.35. The van der Waals surface area contributed by atoms with Crippen LogP contribution in [0.25, 0.3) is 0 Å². The van der Waals surface area contributed by atoms with E-state index in [4.69, 9.17) is 4.98 Å². The molecular formula is C22H31N3O3S. The number of nitrogens with one attached hydrogen (secondary N) is 1. The summed E-state index contributed by atoms with van der Waals surface area (Å²) < 4.78 is 23.4. The van der Waals surface area contributed by atoms with E-state index in [9.17, 15) is 13.2 Å².